The van der Waals surface area contributed by atoms with E-state index in [0.29, 0.717) is 0 Å². The standard InChI is InChI=1S/C3H3N3O3.CN.3ClH/c7-1-4-2(8)6-3(9)5-1;1-2;;;/h(H3,4,5,6,7,8,9);;3*1H/q;-1;;;. The first-order valence-electron chi connectivity index (χ1n) is 2.34. The topological polar surface area (TPSA) is 122 Å². The minimum absolute atomic E-state index is 0. The average Bonchev–Trinajstić information content (AvgIpc) is 1.88. The molecule has 0 aromatic carbocycles. The highest BCUT2D eigenvalue weighted by Crippen LogP contribution is 1.29. The molecule has 0 aliphatic carbocycles. The fraction of sp³-hybridized carbons (Fsp3) is 0. The van der Waals surface area contributed by atoms with Gasteiger partial charge >= 0.3 is 17.1 Å². The quantitative estimate of drug-likeness (QED) is 0.526. The predicted octanol–water partition coefficient (Wildman–Crippen LogP) is -0.887. The maximum Gasteiger partial charge on any atom is 0.330 e. The molecule has 82 valence electrons. The molecule has 0 aliphatic heterocycles. The lowest BCUT2D eigenvalue weighted by molar-refractivity contribution is 0.888. The monoisotopic (exact) mass is 263 g/mol. The summed E-state index contributed by atoms with van der Waals surface area (Å²) in [5.41, 5.74) is -2.41. The second-order valence-electron chi connectivity index (χ2n) is 1.36. The normalized spacial score (nSPS) is 6.14. The lowest BCUT2D eigenvalue weighted by atomic mass is 11.0. The Morgan fingerprint density at radius 3 is 1.00 bits per heavy atom. The van der Waals surface area contributed by atoms with Crippen molar-refractivity contribution in [1.82, 2.24) is 15.0 Å². The summed E-state index contributed by atoms with van der Waals surface area (Å²) in [5, 5.41) is 6.25. The molecule has 0 spiro atoms. The van der Waals surface area contributed by atoms with Crippen molar-refractivity contribution in [3.8, 4) is 0 Å². The summed E-state index contributed by atoms with van der Waals surface area (Å²) in [7, 11) is 0. The minimum Gasteiger partial charge on any atom is -0.512 e. The number of hydrogen-bond donors (Lipinski definition) is 3. The van der Waals surface area contributed by atoms with E-state index in [9.17, 15) is 14.4 Å². The SMILES string of the molecule is Cl.Cl.Cl.O=c1[nH]c(=O)[nH]c(=O)[nH]1.[C-]#N. The van der Waals surface area contributed by atoms with Crippen molar-refractivity contribution in [3.05, 3.63) is 38.0 Å². The summed E-state index contributed by atoms with van der Waals surface area (Å²) >= 11 is 0. The van der Waals surface area contributed by atoms with Gasteiger partial charge in [-0.05, 0) is 0 Å². The molecule has 0 unspecified atom stereocenters. The lowest BCUT2D eigenvalue weighted by Crippen LogP contribution is -2.34. The van der Waals surface area contributed by atoms with Gasteiger partial charge in [-0.15, -0.1) is 37.2 Å². The number of aromatic nitrogens is 3. The van der Waals surface area contributed by atoms with Gasteiger partial charge in [0, 0.05) is 0 Å². The van der Waals surface area contributed by atoms with Crippen molar-refractivity contribution in [3.63, 3.8) is 0 Å². The van der Waals surface area contributed by atoms with Crippen LogP contribution in [0.25, 0.3) is 0 Å². The summed E-state index contributed by atoms with van der Waals surface area (Å²) in [6, 6.07) is 0. The number of aromatic amines is 3. The van der Waals surface area contributed by atoms with Gasteiger partial charge in [-0.25, -0.2) is 14.4 Å². The highest BCUT2D eigenvalue weighted by molar-refractivity contribution is 5.86. The Hall–Kier alpha value is -1.23. The van der Waals surface area contributed by atoms with E-state index in [1.807, 2.05) is 0 Å². The van der Waals surface area contributed by atoms with E-state index in [-0.39, 0.29) is 37.2 Å². The molecule has 7 nitrogen and oxygen atoms in total. The molecule has 0 bridgehead atoms. The third-order valence-electron chi connectivity index (χ3n) is 0.681. The summed E-state index contributed by atoms with van der Waals surface area (Å²) in [5.74, 6) is 0. The maximum atomic E-state index is 10.2. The van der Waals surface area contributed by atoms with Crippen LogP contribution in [-0.4, -0.2) is 15.0 Å². The molecule has 1 heterocycles. The van der Waals surface area contributed by atoms with Gasteiger partial charge in [0.15, 0.2) is 0 Å². The molecule has 1 aromatic heterocycles. The van der Waals surface area contributed by atoms with E-state index in [4.69, 9.17) is 11.8 Å². The van der Waals surface area contributed by atoms with Gasteiger partial charge < -0.3 is 11.8 Å². The van der Waals surface area contributed by atoms with Crippen LogP contribution in [0.3, 0.4) is 0 Å². The molecule has 0 amide bonds. The largest absolute Gasteiger partial charge is 0.512 e. The number of nitrogens with one attached hydrogen (secondary N) is 3. The van der Waals surface area contributed by atoms with E-state index in [1.54, 1.807) is 15.0 Å². The minimum atomic E-state index is -0.802. The molecule has 0 radical (unpaired) electrons. The second kappa shape index (κ2) is 11.8. The number of nitrogens with zero attached hydrogens (tertiary/aromatic N) is 1. The van der Waals surface area contributed by atoms with Crippen LogP contribution < -0.4 is 17.1 Å². The Morgan fingerprint density at radius 2 is 0.857 bits per heavy atom. The van der Waals surface area contributed by atoms with Crippen LogP contribution in [-0.2, 0) is 0 Å². The number of H-pyrrole nitrogens is 3. The van der Waals surface area contributed by atoms with Gasteiger partial charge in [0.05, 0.1) is 0 Å². The molecule has 1 rings (SSSR count). The number of hydrogen-bond acceptors (Lipinski definition) is 4. The molecular formula is C4H6Cl3N4O3-. The van der Waals surface area contributed by atoms with Gasteiger partial charge in [-0.2, -0.15) is 0 Å². The van der Waals surface area contributed by atoms with E-state index in [1.165, 1.54) is 0 Å². The van der Waals surface area contributed by atoms with Gasteiger partial charge in [-0.1, -0.05) is 0 Å². The van der Waals surface area contributed by atoms with Crippen molar-refractivity contribution in [2.75, 3.05) is 0 Å². The van der Waals surface area contributed by atoms with Crippen LogP contribution >= 0.6 is 37.2 Å². The molecule has 1 aromatic rings. The summed E-state index contributed by atoms with van der Waals surface area (Å²) in [4.78, 5) is 35.9. The molecule has 0 atom stereocenters. The Labute approximate surface area is 95.8 Å². The molecule has 0 saturated heterocycles. The molecule has 0 aliphatic rings. The number of halogens is 3. The molecule has 10 heteroatoms. The second-order valence-corrected chi connectivity index (χ2v) is 1.36. The first-order chi connectivity index (χ1) is 5.18. The molecule has 14 heavy (non-hydrogen) atoms. The highest BCUT2D eigenvalue weighted by atomic mass is 35.5. The zero-order chi connectivity index (χ0) is 8.85. The summed E-state index contributed by atoms with van der Waals surface area (Å²) < 4.78 is 0. The van der Waals surface area contributed by atoms with Crippen molar-refractivity contribution in [2.24, 2.45) is 0 Å². The average molecular weight is 264 g/mol. The smallest absolute Gasteiger partial charge is 0.330 e. The van der Waals surface area contributed by atoms with Crippen molar-refractivity contribution < 1.29 is 0 Å². The van der Waals surface area contributed by atoms with Crippen molar-refractivity contribution >= 4 is 37.2 Å². The van der Waals surface area contributed by atoms with Crippen LogP contribution in [0.5, 0.6) is 0 Å². The third-order valence-corrected chi connectivity index (χ3v) is 0.681. The Morgan fingerprint density at radius 1 is 0.714 bits per heavy atom. The zero-order valence-corrected chi connectivity index (χ0v) is 8.85. The number of rotatable bonds is 0. The van der Waals surface area contributed by atoms with E-state index >= 15 is 0 Å². The van der Waals surface area contributed by atoms with Crippen LogP contribution in [0.1, 0.15) is 0 Å². The fourth-order valence-electron chi connectivity index (χ4n) is 0.403. The predicted molar refractivity (Wildman–Crippen MR) is 55.0 cm³/mol. The molecule has 0 saturated carbocycles. The van der Waals surface area contributed by atoms with E-state index < -0.39 is 17.1 Å². The highest BCUT2D eigenvalue weighted by Gasteiger charge is 1.84. The zero-order valence-electron chi connectivity index (χ0n) is 6.40. The Kier molecular flexibility index (Phi) is 19.3. The summed E-state index contributed by atoms with van der Waals surface area (Å²) in [6.07, 6.45) is 0. The van der Waals surface area contributed by atoms with Crippen LogP contribution in [0.15, 0.2) is 14.4 Å². The Bertz CT molecular complexity index is 326. The third kappa shape index (κ3) is 8.86. The van der Waals surface area contributed by atoms with Gasteiger partial charge in [-0.3, -0.25) is 15.0 Å². The first-order valence-corrected chi connectivity index (χ1v) is 2.34. The molecular weight excluding hydrogens is 258 g/mol. The van der Waals surface area contributed by atoms with Crippen LogP contribution in [0.4, 0.5) is 0 Å². The first kappa shape index (κ1) is 23.0. The molecule has 0 fully saturated rings. The maximum absolute atomic E-state index is 10.2. The van der Waals surface area contributed by atoms with Crippen molar-refractivity contribution in [2.45, 2.75) is 0 Å². The van der Waals surface area contributed by atoms with E-state index in [2.05, 4.69) is 0 Å². The van der Waals surface area contributed by atoms with Gasteiger partial charge in [0.25, 0.3) is 0 Å². The lowest BCUT2D eigenvalue weighted by Gasteiger charge is -1.77. The van der Waals surface area contributed by atoms with E-state index in [0.717, 1.165) is 0 Å². The molecule has 3 N–H and O–H groups in total. The van der Waals surface area contributed by atoms with Crippen molar-refractivity contribution in [1.29, 1.82) is 5.26 Å². The Balaban J connectivity index is -0.0000000942. The summed E-state index contributed by atoms with van der Waals surface area (Å²) in [6.45, 7) is 4.75. The van der Waals surface area contributed by atoms with Crippen LogP contribution in [0.2, 0.25) is 0 Å². The van der Waals surface area contributed by atoms with Crippen LogP contribution in [0, 0.1) is 11.8 Å². The van der Waals surface area contributed by atoms with Gasteiger partial charge in [0.1, 0.15) is 0 Å². The van der Waals surface area contributed by atoms with Gasteiger partial charge in [0.2, 0.25) is 0 Å². The fourth-order valence-corrected chi connectivity index (χ4v) is 0.403.